The first-order valence-corrected chi connectivity index (χ1v) is 10.6. The lowest BCUT2D eigenvalue weighted by Crippen LogP contribution is -2.54. The normalized spacial score (nSPS) is 17.3. The first-order valence-electron chi connectivity index (χ1n) is 10.6. The fourth-order valence-corrected chi connectivity index (χ4v) is 3.84. The maximum atomic E-state index is 13.7. The van der Waals surface area contributed by atoms with Crippen molar-refractivity contribution in [2.75, 3.05) is 25.5 Å². The third-order valence-electron chi connectivity index (χ3n) is 5.17. The van der Waals surface area contributed by atoms with Gasteiger partial charge in [-0.25, -0.2) is 4.79 Å². The number of piperidine rings is 1. The lowest BCUT2D eigenvalue weighted by atomic mass is 9.98. The molecule has 2 amide bonds. The fourth-order valence-electron chi connectivity index (χ4n) is 3.84. The van der Waals surface area contributed by atoms with Crippen LogP contribution in [0, 0.1) is 0 Å². The molecule has 1 fully saturated rings. The van der Waals surface area contributed by atoms with Gasteiger partial charge in [-0.3, -0.25) is 4.79 Å². The molecule has 0 unspecified atom stereocenters. The number of carbonyl (C=O) groups is 2. The molecule has 1 heterocycles. The van der Waals surface area contributed by atoms with E-state index in [1.807, 2.05) is 0 Å². The molecule has 180 valence electrons. The van der Waals surface area contributed by atoms with Crippen molar-refractivity contribution in [2.45, 2.75) is 71.3 Å². The average molecular weight is 460 g/mol. The Morgan fingerprint density at radius 3 is 2.38 bits per heavy atom. The fraction of sp³-hybridized carbons (Fsp3) is 0.636. The zero-order valence-corrected chi connectivity index (χ0v) is 19.3. The Morgan fingerprint density at radius 1 is 1.25 bits per heavy atom. The lowest BCUT2D eigenvalue weighted by Gasteiger charge is -2.41. The Bertz CT molecular complexity index is 850. The highest BCUT2D eigenvalue weighted by atomic mass is 19.4. The van der Waals surface area contributed by atoms with Gasteiger partial charge in [0.1, 0.15) is 11.4 Å². The Labute approximate surface area is 186 Å². The Balaban J connectivity index is 2.41. The van der Waals surface area contributed by atoms with Gasteiger partial charge in [-0.1, -0.05) is 0 Å². The smallest absolute Gasteiger partial charge is 0.417 e. The SMILES string of the molecule is CNc1cc(C(=O)N(C(C)C)[C@@H]2CCCN(C(=O)OC(C)(C)C)C2)c(C(F)(F)F)cc1O. The van der Waals surface area contributed by atoms with Crippen LogP contribution in [0.25, 0.3) is 0 Å². The molecule has 1 aromatic carbocycles. The van der Waals surface area contributed by atoms with Crippen LogP contribution >= 0.6 is 0 Å². The molecule has 1 aliphatic heterocycles. The number of hydrogen-bond donors (Lipinski definition) is 2. The van der Waals surface area contributed by atoms with Gasteiger partial charge in [0.15, 0.2) is 0 Å². The number of phenols is 1. The quantitative estimate of drug-likeness (QED) is 0.638. The van der Waals surface area contributed by atoms with Crippen LogP contribution in [0.4, 0.5) is 23.7 Å². The van der Waals surface area contributed by atoms with E-state index in [9.17, 15) is 27.9 Å². The molecule has 0 aliphatic carbocycles. The number of rotatable bonds is 4. The number of ether oxygens (including phenoxy) is 1. The first-order chi connectivity index (χ1) is 14.7. The van der Waals surface area contributed by atoms with Crippen molar-refractivity contribution in [3.8, 4) is 5.75 Å². The van der Waals surface area contributed by atoms with E-state index in [1.165, 1.54) is 16.8 Å². The number of anilines is 1. The number of halogens is 3. The van der Waals surface area contributed by atoms with E-state index in [4.69, 9.17) is 4.74 Å². The molecule has 1 atom stereocenters. The van der Waals surface area contributed by atoms with Crippen molar-refractivity contribution >= 4 is 17.7 Å². The topological polar surface area (TPSA) is 82.1 Å². The van der Waals surface area contributed by atoms with Crippen molar-refractivity contribution in [2.24, 2.45) is 0 Å². The number of benzene rings is 1. The molecule has 0 aromatic heterocycles. The monoisotopic (exact) mass is 459 g/mol. The molecular formula is C22H32F3N3O4. The molecule has 1 aliphatic rings. The van der Waals surface area contributed by atoms with Gasteiger partial charge in [0, 0.05) is 26.2 Å². The minimum Gasteiger partial charge on any atom is -0.506 e. The highest BCUT2D eigenvalue weighted by molar-refractivity contribution is 5.98. The van der Waals surface area contributed by atoms with E-state index in [-0.39, 0.29) is 12.2 Å². The van der Waals surface area contributed by atoms with Crippen LogP contribution in [0.3, 0.4) is 0 Å². The molecular weight excluding hydrogens is 427 g/mol. The Hall–Kier alpha value is -2.65. The van der Waals surface area contributed by atoms with Gasteiger partial charge in [0.05, 0.1) is 22.9 Å². The number of phenolic OH excluding ortho intramolecular Hbond substituents is 1. The molecule has 1 saturated heterocycles. The molecule has 1 aromatic rings. The molecule has 2 rings (SSSR count). The van der Waals surface area contributed by atoms with E-state index in [0.717, 1.165) is 6.07 Å². The first kappa shape index (κ1) is 25.6. The summed E-state index contributed by atoms with van der Waals surface area (Å²) in [6.45, 7) is 9.30. The lowest BCUT2D eigenvalue weighted by molar-refractivity contribution is -0.138. The number of nitrogens with zero attached hydrogens (tertiary/aromatic N) is 2. The maximum Gasteiger partial charge on any atom is 0.417 e. The summed E-state index contributed by atoms with van der Waals surface area (Å²) in [5.74, 6) is -1.40. The molecule has 32 heavy (non-hydrogen) atoms. The van der Waals surface area contributed by atoms with E-state index >= 15 is 0 Å². The summed E-state index contributed by atoms with van der Waals surface area (Å²) < 4.78 is 46.5. The largest absolute Gasteiger partial charge is 0.506 e. The summed E-state index contributed by atoms with van der Waals surface area (Å²) in [6, 6.07) is 0.686. The zero-order chi connectivity index (χ0) is 24.4. The van der Waals surface area contributed by atoms with E-state index < -0.39 is 52.7 Å². The Morgan fingerprint density at radius 2 is 1.88 bits per heavy atom. The van der Waals surface area contributed by atoms with Gasteiger partial charge < -0.3 is 25.0 Å². The summed E-state index contributed by atoms with van der Waals surface area (Å²) in [7, 11) is 1.44. The molecule has 0 spiro atoms. The van der Waals surface area contributed by atoms with Gasteiger partial charge in [0.25, 0.3) is 5.91 Å². The molecule has 0 bridgehead atoms. The van der Waals surface area contributed by atoms with Crippen LogP contribution in [0.2, 0.25) is 0 Å². The third-order valence-corrected chi connectivity index (χ3v) is 5.17. The number of likely N-dealkylation sites (tertiary alicyclic amines) is 1. The summed E-state index contributed by atoms with van der Waals surface area (Å²) in [4.78, 5) is 28.8. The number of amides is 2. The number of nitrogens with one attached hydrogen (secondary N) is 1. The minimum atomic E-state index is -4.83. The van der Waals surface area contributed by atoms with Gasteiger partial charge in [-0.2, -0.15) is 13.2 Å². The Kier molecular flexibility index (Phi) is 7.57. The van der Waals surface area contributed by atoms with Crippen molar-refractivity contribution in [1.82, 2.24) is 9.80 Å². The number of aromatic hydroxyl groups is 1. The predicted molar refractivity (Wildman–Crippen MR) is 115 cm³/mol. The van der Waals surface area contributed by atoms with Crippen LogP contribution < -0.4 is 5.32 Å². The molecule has 0 radical (unpaired) electrons. The van der Waals surface area contributed by atoms with Gasteiger partial charge in [-0.05, 0) is 59.6 Å². The number of carbonyl (C=O) groups excluding carboxylic acids is 2. The van der Waals surface area contributed by atoms with Crippen molar-refractivity contribution in [1.29, 1.82) is 0 Å². The second-order valence-corrected chi connectivity index (χ2v) is 9.19. The van der Waals surface area contributed by atoms with Crippen LogP contribution in [-0.4, -0.2) is 64.7 Å². The minimum absolute atomic E-state index is 0.0177. The standard InChI is InChI=1S/C22H32F3N3O4/c1-13(2)28(14-8-7-9-27(12-14)20(31)32-21(3,4)5)19(30)15-10-17(26-6)18(29)11-16(15)22(23,24)25/h10-11,13-14,26,29H,7-9,12H2,1-6H3/t14-/m1/s1. The molecule has 10 heteroatoms. The van der Waals surface area contributed by atoms with Crippen LogP contribution in [0.1, 0.15) is 63.4 Å². The summed E-state index contributed by atoms with van der Waals surface area (Å²) >= 11 is 0. The van der Waals surface area contributed by atoms with Gasteiger partial charge in [0.2, 0.25) is 0 Å². The van der Waals surface area contributed by atoms with Crippen LogP contribution in [0.5, 0.6) is 5.75 Å². The number of hydrogen-bond acceptors (Lipinski definition) is 5. The average Bonchev–Trinajstić information content (AvgIpc) is 2.65. The second-order valence-electron chi connectivity index (χ2n) is 9.19. The van der Waals surface area contributed by atoms with Crippen LogP contribution in [0.15, 0.2) is 12.1 Å². The molecule has 2 N–H and O–H groups in total. The highest BCUT2D eigenvalue weighted by Gasteiger charge is 2.40. The second kappa shape index (κ2) is 9.46. The van der Waals surface area contributed by atoms with Crippen molar-refractivity contribution < 1.29 is 32.6 Å². The number of alkyl halides is 3. The summed E-state index contributed by atoms with van der Waals surface area (Å²) in [5, 5.41) is 12.5. The van der Waals surface area contributed by atoms with Gasteiger partial charge in [-0.15, -0.1) is 0 Å². The van der Waals surface area contributed by atoms with E-state index in [1.54, 1.807) is 34.6 Å². The van der Waals surface area contributed by atoms with E-state index in [0.29, 0.717) is 25.5 Å². The predicted octanol–water partition coefficient (Wildman–Crippen LogP) is 4.70. The molecule has 0 saturated carbocycles. The van der Waals surface area contributed by atoms with Crippen molar-refractivity contribution in [3.63, 3.8) is 0 Å². The van der Waals surface area contributed by atoms with Gasteiger partial charge >= 0.3 is 12.3 Å². The maximum absolute atomic E-state index is 13.7. The third kappa shape index (κ3) is 5.98. The van der Waals surface area contributed by atoms with E-state index in [2.05, 4.69) is 5.32 Å². The summed E-state index contributed by atoms with van der Waals surface area (Å²) in [5.41, 5.74) is -2.43. The van der Waals surface area contributed by atoms with Crippen molar-refractivity contribution in [3.05, 3.63) is 23.3 Å². The zero-order valence-electron chi connectivity index (χ0n) is 19.3. The molecule has 7 nitrogen and oxygen atoms in total. The highest BCUT2D eigenvalue weighted by Crippen LogP contribution is 2.38. The van der Waals surface area contributed by atoms with Crippen LogP contribution in [-0.2, 0) is 10.9 Å². The summed E-state index contributed by atoms with van der Waals surface area (Å²) in [6.07, 6.45) is -4.21.